The zero-order valence-corrected chi connectivity index (χ0v) is 14.4. The van der Waals surface area contributed by atoms with E-state index in [1.807, 2.05) is 13.8 Å². The third kappa shape index (κ3) is 11.5. The second kappa shape index (κ2) is 13.6. The molecule has 0 bridgehead atoms. The monoisotopic (exact) mass is 315 g/mol. The minimum atomic E-state index is -0.582. The topological polar surface area (TPSA) is 75.6 Å². The number of ether oxygens (including phenoxy) is 1. The molecular weight excluding hydrogens is 282 g/mol. The minimum absolute atomic E-state index is 0.00769. The first-order valence-electron chi connectivity index (χ1n) is 8.58. The zero-order chi connectivity index (χ0) is 16.8. The van der Waals surface area contributed by atoms with Crippen molar-refractivity contribution in [3.63, 3.8) is 0 Å². The van der Waals surface area contributed by atoms with E-state index in [-0.39, 0.29) is 19.1 Å². The summed E-state index contributed by atoms with van der Waals surface area (Å²) in [5.74, 6) is -0.192. The lowest BCUT2D eigenvalue weighted by molar-refractivity contribution is -0.148. The number of carbonyl (C=O) groups excluding carboxylic acids is 2. The third-order valence-electron chi connectivity index (χ3n) is 3.38. The summed E-state index contributed by atoms with van der Waals surface area (Å²) in [6.07, 6.45) is 6.91. The molecule has 0 aliphatic rings. The Bertz CT molecular complexity index is 305. The molecule has 0 aromatic rings. The van der Waals surface area contributed by atoms with Gasteiger partial charge in [0.25, 0.3) is 0 Å². The summed E-state index contributed by atoms with van der Waals surface area (Å²) in [4.78, 5) is 23.9. The Labute approximate surface area is 134 Å². The molecule has 1 amide bonds. The van der Waals surface area contributed by atoms with Crippen LogP contribution in [0.1, 0.15) is 72.1 Å². The van der Waals surface area contributed by atoms with Crippen LogP contribution in [0.25, 0.3) is 0 Å². The number of aliphatic hydroxyl groups is 1. The molecule has 1 atom stereocenters. The molecule has 0 aliphatic carbocycles. The first-order valence-corrected chi connectivity index (χ1v) is 8.58. The maximum absolute atomic E-state index is 12.0. The van der Waals surface area contributed by atoms with E-state index in [0.717, 1.165) is 19.3 Å². The summed E-state index contributed by atoms with van der Waals surface area (Å²) in [5.41, 5.74) is 0. The van der Waals surface area contributed by atoms with Crippen molar-refractivity contribution in [3.8, 4) is 0 Å². The van der Waals surface area contributed by atoms with Gasteiger partial charge in [-0.3, -0.25) is 4.79 Å². The number of nitrogens with one attached hydrogen (secondary N) is 1. The molecule has 0 heterocycles. The van der Waals surface area contributed by atoms with Crippen LogP contribution >= 0.6 is 0 Å². The number of hydrogen-bond acceptors (Lipinski definition) is 4. The van der Waals surface area contributed by atoms with Crippen molar-refractivity contribution < 1.29 is 19.4 Å². The van der Waals surface area contributed by atoms with E-state index in [9.17, 15) is 9.59 Å². The van der Waals surface area contributed by atoms with Gasteiger partial charge in [-0.25, -0.2) is 4.79 Å². The second-order valence-corrected chi connectivity index (χ2v) is 6.16. The fraction of sp³-hybridized carbons (Fsp3) is 0.882. The lowest BCUT2D eigenvalue weighted by atomic mass is 10.0. The van der Waals surface area contributed by atoms with Crippen LogP contribution in [0.5, 0.6) is 0 Å². The van der Waals surface area contributed by atoms with E-state index in [1.165, 1.54) is 12.8 Å². The van der Waals surface area contributed by atoms with E-state index in [1.54, 1.807) is 0 Å². The standard InChI is InChI=1S/C17H33NO4/c1-4-5-6-7-8-10-16(20)18-15(13-14(2)3)17(21)22-12-9-11-19/h14-15,19H,4-13H2,1-3H3,(H,18,20)/t15-/m0/s1. The highest BCUT2D eigenvalue weighted by Crippen LogP contribution is 2.09. The molecule has 22 heavy (non-hydrogen) atoms. The van der Waals surface area contributed by atoms with Crippen molar-refractivity contribution in [2.24, 2.45) is 5.92 Å². The van der Waals surface area contributed by atoms with Gasteiger partial charge in [0, 0.05) is 19.4 Å². The summed E-state index contributed by atoms with van der Waals surface area (Å²) in [6, 6.07) is -0.582. The Morgan fingerprint density at radius 1 is 1.09 bits per heavy atom. The smallest absolute Gasteiger partial charge is 0.328 e. The van der Waals surface area contributed by atoms with Gasteiger partial charge in [-0.15, -0.1) is 0 Å². The number of esters is 1. The van der Waals surface area contributed by atoms with Gasteiger partial charge < -0.3 is 15.2 Å². The average Bonchev–Trinajstić information content (AvgIpc) is 2.46. The van der Waals surface area contributed by atoms with Crippen LogP contribution in [-0.2, 0) is 14.3 Å². The largest absolute Gasteiger partial charge is 0.464 e. The van der Waals surface area contributed by atoms with Crippen LogP contribution in [0.3, 0.4) is 0 Å². The lowest BCUT2D eigenvalue weighted by Gasteiger charge is -2.19. The molecule has 0 spiro atoms. The van der Waals surface area contributed by atoms with Crippen LogP contribution in [-0.4, -0.2) is 36.2 Å². The molecule has 0 saturated carbocycles. The predicted molar refractivity (Wildman–Crippen MR) is 87.4 cm³/mol. The summed E-state index contributed by atoms with van der Waals surface area (Å²) in [6.45, 7) is 6.35. The maximum Gasteiger partial charge on any atom is 0.328 e. The highest BCUT2D eigenvalue weighted by Gasteiger charge is 2.23. The summed E-state index contributed by atoms with van der Waals surface area (Å²) in [5, 5.41) is 11.5. The number of rotatable bonds is 13. The quantitative estimate of drug-likeness (QED) is 0.405. The van der Waals surface area contributed by atoms with E-state index in [4.69, 9.17) is 9.84 Å². The van der Waals surface area contributed by atoms with Crippen molar-refractivity contribution in [2.45, 2.75) is 78.2 Å². The van der Waals surface area contributed by atoms with Gasteiger partial charge in [0.1, 0.15) is 6.04 Å². The van der Waals surface area contributed by atoms with Crippen molar-refractivity contribution in [1.29, 1.82) is 0 Å². The Hall–Kier alpha value is -1.10. The van der Waals surface area contributed by atoms with Gasteiger partial charge in [0.05, 0.1) is 6.61 Å². The summed E-state index contributed by atoms with van der Waals surface area (Å²) in [7, 11) is 0. The summed E-state index contributed by atoms with van der Waals surface area (Å²) < 4.78 is 5.09. The minimum Gasteiger partial charge on any atom is -0.464 e. The van der Waals surface area contributed by atoms with E-state index < -0.39 is 12.0 Å². The second-order valence-electron chi connectivity index (χ2n) is 6.16. The van der Waals surface area contributed by atoms with E-state index >= 15 is 0 Å². The van der Waals surface area contributed by atoms with E-state index in [2.05, 4.69) is 12.2 Å². The Balaban J connectivity index is 4.15. The van der Waals surface area contributed by atoms with Crippen molar-refractivity contribution in [3.05, 3.63) is 0 Å². The number of amides is 1. The fourth-order valence-corrected chi connectivity index (χ4v) is 2.18. The van der Waals surface area contributed by atoms with Crippen LogP contribution in [0.2, 0.25) is 0 Å². The van der Waals surface area contributed by atoms with Gasteiger partial charge in [-0.05, 0) is 18.8 Å². The number of carbonyl (C=O) groups is 2. The van der Waals surface area contributed by atoms with Crippen LogP contribution in [0.15, 0.2) is 0 Å². The Kier molecular flexibility index (Phi) is 12.9. The van der Waals surface area contributed by atoms with Crippen molar-refractivity contribution >= 4 is 11.9 Å². The molecule has 0 aliphatic heterocycles. The van der Waals surface area contributed by atoms with Gasteiger partial charge in [-0.1, -0.05) is 46.5 Å². The highest BCUT2D eigenvalue weighted by molar-refractivity contribution is 5.84. The Morgan fingerprint density at radius 3 is 2.36 bits per heavy atom. The number of hydrogen-bond donors (Lipinski definition) is 2. The lowest BCUT2D eigenvalue weighted by Crippen LogP contribution is -2.42. The van der Waals surface area contributed by atoms with Crippen molar-refractivity contribution in [2.75, 3.05) is 13.2 Å². The van der Waals surface area contributed by atoms with Crippen LogP contribution < -0.4 is 5.32 Å². The van der Waals surface area contributed by atoms with Crippen LogP contribution in [0.4, 0.5) is 0 Å². The molecule has 5 nitrogen and oxygen atoms in total. The van der Waals surface area contributed by atoms with Crippen LogP contribution in [0, 0.1) is 5.92 Å². The number of unbranched alkanes of at least 4 members (excludes halogenated alkanes) is 4. The SMILES string of the molecule is CCCCCCCC(=O)N[C@@H](CC(C)C)C(=O)OCCCO. The molecule has 0 aromatic heterocycles. The predicted octanol–water partition coefficient (Wildman–Crippen LogP) is 2.80. The molecule has 0 fully saturated rings. The normalized spacial score (nSPS) is 12.2. The molecule has 0 rings (SSSR count). The Morgan fingerprint density at radius 2 is 1.77 bits per heavy atom. The molecule has 5 heteroatoms. The van der Waals surface area contributed by atoms with E-state index in [0.29, 0.717) is 25.2 Å². The molecule has 130 valence electrons. The fourth-order valence-electron chi connectivity index (χ4n) is 2.18. The molecule has 2 N–H and O–H groups in total. The van der Waals surface area contributed by atoms with Gasteiger partial charge in [0.2, 0.25) is 5.91 Å². The molecule has 0 aromatic carbocycles. The molecule has 0 saturated heterocycles. The molecule has 0 radical (unpaired) electrons. The van der Waals surface area contributed by atoms with Crippen molar-refractivity contribution in [1.82, 2.24) is 5.32 Å². The third-order valence-corrected chi connectivity index (χ3v) is 3.38. The highest BCUT2D eigenvalue weighted by atomic mass is 16.5. The maximum atomic E-state index is 12.0. The zero-order valence-electron chi connectivity index (χ0n) is 14.4. The molecule has 0 unspecified atom stereocenters. The first-order chi connectivity index (χ1) is 10.5. The summed E-state index contributed by atoms with van der Waals surface area (Å²) >= 11 is 0. The first kappa shape index (κ1) is 20.9. The van der Waals surface area contributed by atoms with Gasteiger partial charge in [-0.2, -0.15) is 0 Å². The molecular formula is C17H33NO4. The average molecular weight is 315 g/mol. The van der Waals surface area contributed by atoms with Gasteiger partial charge in [0.15, 0.2) is 0 Å². The number of aliphatic hydroxyl groups excluding tert-OH is 1. The van der Waals surface area contributed by atoms with Gasteiger partial charge >= 0.3 is 5.97 Å².